The van der Waals surface area contributed by atoms with Crippen LogP contribution in [0.4, 0.5) is 0 Å². The van der Waals surface area contributed by atoms with Crippen LogP contribution in [0.3, 0.4) is 0 Å². The van der Waals surface area contributed by atoms with Gasteiger partial charge >= 0.3 is 0 Å². The summed E-state index contributed by atoms with van der Waals surface area (Å²) in [5.41, 5.74) is 2.34. The normalized spacial score (nSPS) is 16.9. The van der Waals surface area contributed by atoms with Gasteiger partial charge in [0.15, 0.2) is 0 Å². The molecule has 0 saturated heterocycles. The Morgan fingerprint density at radius 3 is 2.86 bits per heavy atom. The molecule has 1 heterocycles. The zero-order chi connectivity index (χ0) is 5.11. The van der Waals surface area contributed by atoms with Gasteiger partial charge in [-0.1, -0.05) is 0 Å². The monoisotopic (exact) mass is 99.0 g/mol. The fourth-order valence-corrected chi connectivity index (χ4v) is 0.286. The van der Waals surface area contributed by atoms with Gasteiger partial charge in [-0.05, 0) is 0 Å². The maximum Gasteiger partial charge on any atom is 0.137 e. The van der Waals surface area contributed by atoms with Gasteiger partial charge in [-0.3, -0.25) is 0 Å². The van der Waals surface area contributed by atoms with Gasteiger partial charge in [0.25, 0.3) is 0 Å². The molecule has 3 heteroatoms. The van der Waals surface area contributed by atoms with Crippen LogP contribution >= 0.6 is 0 Å². The number of nitrogens with one attached hydrogen (secondary N) is 1. The molecule has 2 N–H and O–H groups in total. The summed E-state index contributed by atoms with van der Waals surface area (Å²) in [5.74, 6) is 0.172. The fraction of sp³-hybridized carbons (Fsp3) is 0. The van der Waals surface area contributed by atoms with Gasteiger partial charge in [-0.2, -0.15) is 0 Å². The summed E-state index contributed by atoms with van der Waals surface area (Å²) in [6.07, 6.45) is 4.14. The summed E-state index contributed by atoms with van der Waals surface area (Å²) in [4.78, 5) is 4.47. The molecule has 0 bridgehead atoms. The molecule has 7 heavy (non-hydrogen) atoms. The van der Waals surface area contributed by atoms with E-state index in [1.165, 1.54) is 18.5 Å². The predicted octanol–water partition coefficient (Wildman–Crippen LogP) is 0.434. The van der Waals surface area contributed by atoms with Crippen molar-refractivity contribution in [2.45, 2.75) is 0 Å². The molecule has 0 radical (unpaired) electrons. The Balaban J connectivity index is 2.58. The Morgan fingerprint density at radius 1 is 1.71 bits per heavy atom. The Labute approximate surface area is 40.9 Å². The van der Waals surface area contributed by atoms with Crippen LogP contribution in [-0.2, 0) is 4.84 Å². The summed E-state index contributed by atoms with van der Waals surface area (Å²) in [5, 5.41) is 8.54. The molecule has 0 fully saturated rings. The van der Waals surface area contributed by atoms with Crippen LogP contribution in [0.1, 0.15) is 0 Å². The molecule has 0 atom stereocenters. The first-order valence-corrected chi connectivity index (χ1v) is 1.86. The molecule has 0 aromatic rings. The Hall–Kier alpha value is -1.12. The van der Waals surface area contributed by atoms with Gasteiger partial charge in [-0.25, -0.2) is 5.48 Å². The second-order valence-electron chi connectivity index (χ2n) is 1.11. The quantitative estimate of drug-likeness (QED) is 0.463. The first-order valence-electron chi connectivity index (χ1n) is 1.86. The predicted molar refractivity (Wildman–Crippen MR) is 24.1 cm³/mol. The highest BCUT2D eigenvalue weighted by Crippen LogP contribution is 1.92. The van der Waals surface area contributed by atoms with Crippen molar-refractivity contribution in [2.75, 3.05) is 0 Å². The molecule has 0 saturated carbocycles. The van der Waals surface area contributed by atoms with E-state index < -0.39 is 0 Å². The highest BCUT2D eigenvalue weighted by molar-refractivity contribution is 5.08. The molecule has 0 spiro atoms. The molecular weight excluding hydrogens is 94.0 g/mol. The van der Waals surface area contributed by atoms with Gasteiger partial charge in [0, 0.05) is 6.08 Å². The van der Waals surface area contributed by atoms with Crippen LogP contribution in [0.25, 0.3) is 0 Å². The minimum absolute atomic E-state index is 0.172. The molecule has 0 aliphatic carbocycles. The van der Waals surface area contributed by atoms with Crippen LogP contribution in [0.15, 0.2) is 24.3 Å². The molecule has 1 aliphatic rings. The van der Waals surface area contributed by atoms with Gasteiger partial charge in [0.2, 0.25) is 0 Å². The van der Waals surface area contributed by atoms with Crippen molar-refractivity contribution in [2.24, 2.45) is 0 Å². The Morgan fingerprint density at radius 2 is 2.57 bits per heavy atom. The third-order valence-corrected chi connectivity index (χ3v) is 0.582. The van der Waals surface area contributed by atoms with Crippen molar-refractivity contribution in [1.82, 2.24) is 5.48 Å². The Kier molecular flexibility index (Phi) is 0.898. The van der Waals surface area contributed by atoms with E-state index in [-0.39, 0.29) is 5.76 Å². The second kappa shape index (κ2) is 1.55. The van der Waals surface area contributed by atoms with Crippen molar-refractivity contribution < 1.29 is 9.94 Å². The summed E-state index contributed by atoms with van der Waals surface area (Å²) in [7, 11) is 0. The van der Waals surface area contributed by atoms with Crippen molar-refractivity contribution in [3.8, 4) is 0 Å². The van der Waals surface area contributed by atoms with Crippen LogP contribution in [-0.4, -0.2) is 5.11 Å². The van der Waals surface area contributed by atoms with E-state index in [2.05, 4.69) is 10.3 Å². The van der Waals surface area contributed by atoms with Gasteiger partial charge in [-0.15, -0.1) is 0 Å². The number of hydroxylamine groups is 1. The van der Waals surface area contributed by atoms with E-state index in [1.54, 1.807) is 0 Å². The second-order valence-corrected chi connectivity index (χ2v) is 1.11. The number of allylic oxidation sites excluding steroid dienone is 1. The average molecular weight is 99.1 g/mol. The van der Waals surface area contributed by atoms with Gasteiger partial charge in [0.05, 0.1) is 6.20 Å². The minimum atomic E-state index is 0.172. The van der Waals surface area contributed by atoms with Crippen molar-refractivity contribution in [3.05, 3.63) is 24.3 Å². The third kappa shape index (κ3) is 0.855. The molecule has 38 valence electrons. The summed E-state index contributed by atoms with van der Waals surface area (Å²) in [6.45, 7) is 0. The molecule has 0 aromatic heterocycles. The summed E-state index contributed by atoms with van der Waals surface area (Å²) in [6, 6.07) is 0. The topological polar surface area (TPSA) is 41.5 Å². The van der Waals surface area contributed by atoms with Crippen molar-refractivity contribution in [1.29, 1.82) is 0 Å². The first-order chi connectivity index (χ1) is 3.39. The lowest BCUT2D eigenvalue weighted by Crippen LogP contribution is -2.05. The van der Waals surface area contributed by atoms with E-state index >= 15 is 0 Å². The van der Waals surface area contributed by atoms with Gasteiger partial charge in [0.1, 0.15) is 12.0 Å². The number of hydrogen-bond donors (Lipinski definition) is 2. The number of aliphatic hydroxyl groups is 1. The lowest BCUT2D eigenvalue weighted by atomic mass is 10.5. The van der Waals surface area contributed by atoms with E-state index in [0.717, 1.165) is 0 Å². The molecule has 0 aromatic carbocycles. The lowest BCUT2D eigenvalue weighted by Gasteiger charge is -2.01. The van der Waals surface area contributed by atoms with E-state index in [9.17, 15) is 0 Å². The largest absolute Gasteiger partial charge is 0.506 e. The molecular formula is C4H5NO2. The lowest BCUT2D eigenvalue weighted by molar-refractivity contribution is 0.163. The van der Waals surface area contributed by atoms with Crippen LogP contribution in [0.5, 0.6) is 0 Å². The van der Waals surface area contributed by atoms with Gasteiger partial charge < -0.3 is 9.94 Å². The maximum absolute atomic E-state index is 8.54. The summed E-state index contributed by atoms with van der Waals surface area (Å²) >= 11 is 0. The highest BCUT2D eigenvalue weighted by Gasteiger charge is 1.87. The van der Waals surface area contributed by atoms with Crippen LogP contribution < -0.4 is 5.48 Å². The zero-order valence-corrected chi connectivity index (χ0v) is 3.59. The van der Waals surface area contributed by atoms with E-state index in [1.807, 2.05) is 0 Å². The maximum atomic E-state index is 8.54. The number of hydrogen-bond acceptors (Lipinski definition) is 3. The third-order valence-electron chi connectivity index (χ3n) is 0.582. The summed E-state index contributed by atoms with van der Waals surface area (Å²) < 4.78 is 0. The van der Waals surface area contributed by atoms with Crippen LogP contribution in [0.2, 0.25) is 0 Å². The first kappa shape index (κ1) is 4.05. The van der Waals surface area contributed by atoms with E-state index in [4.69, 9.17) is 5.11 Å². The smallest absolute Gasteiger partial charge is 0.137 e. The fourth-order valence-electron chi connectivity index (χ4n) is 0.286. The van der Waals surface area contributed by atoms with Crippen molar-refractivity contribution in [3.63, 3.8) is 0 Å². The number of aliphatic hydroxyl groups excluding tert-OH is 1. The standard InChI is InChI=1S/C4H5NO2/c6-4-1-2-7-5-3-4/h1-3,5-6H. The minimum Gasteiger partial charge on any atom is -0.506 e. The van der Waals surface area contributed by atoms with Crippen LogP contribution in [0, 0.1) is 0 Å². The molecule has 1 rings (SSSR count). The molecule has 3 nitrogen and oxygen atoms in total. The SMILES string of the molecule is OC1=CNOC=C1. The number of rotatable bonds is 0. The highest BCUT2D eigenvalue weighted by atomic mass is 16.6. The zero-order valence-electron chi connectivity index (χ0n) is 3.59. The molecule has 0 amide bonds. The molecule has 0 unspecified atom stereocenters. The Bertz CT molecular complexity index is 117. The van der Waals surface area contributed by atoms with E-state index in [0.29, 0.717) is 0 Å². The average Bonchev–Trinajstić information content (AvgIpc) is 1.69. The molecule has 1 aliphatic heterocycles. The van der Waals surface area contributed by atoms with Crippen molar-refractivity contribution >= 4 is 0 Å².